The number of para-hydroxylation sites is 2. The lowest BCUT2D eigenvalue weighted by Gasteiger charge is -2.20. The molecule has 0 saturated carbocycles. The third kappa shape index (κ3) is 3.17. The minimum atomic E-state index is 0.686. The Morgan fingerprint density at radius 3 is 2.55 bits per heavy atom. The molecular weight excluding hydrogens is 272 g/mol. The van der Waals surface area contributed by atoms with Gasteiger partial charge in [-0.1, -0.05) is 35.9 Å². The maximum Gasteiger partial charge on any atom is 0.123 e. The van der Waals surface area contributed by atoms with Gasteiger partial charge in [0.15, 0.2) is 0 Å². The van der Waals surface area contributed by atoms with Crippen molar-refractivity contribution in [1.82, 2.24) is 0 Å². The van der Waals surface area contributed by atoms with Crippen LogP contribution in [0.25, 0.3) is 0 Å². The van der Waals surface area contributed by atoms with Gasteiger partial charge in [0, 0.05) is 26.2 Å². The van der Waals surface area contributed by atoms with Gasteiger partial charge in [-0.15, -0.1) is 0 Å². The Bertz CT molecular complexity index is 584. The van der Waals surface area contributed by atoms with Crippen LogP contribution in [0.3, 0.4) is 0 Å². The van der Waals surface area contributed by atoms with Crippen LogP contribution in [0.2, 0.25) is 5.02 Å². The molecule has 1 N–H and O–H groups in total. The van der Waals surface area contributed by atoms with Gasteiger partial charge in [-0.3, -0.25) is 0 Å². The van der Waals surface area contributed by atoms with Gasteiger partial charge < -0.3 is 15.0 Å². The molecule has 3 nitrogen and oxygen atoms in total. The highest BCUT2D eigenvalue weighted by Gasteiger charge is 2.09. The van der Waals surface area contributed by atoms with Crippen molar-refractivity contribution in [2.24, 2.45) is 0 Å². The van der Waals surface area contributed by atoms with E-state index in [1.165, 1.54) is 0 Å². The summed E-state index contributed by atoms with van der Waals surface area (Å²) in [4.78, 5) is 2.01. The van der Waals surface area contributed by atoms with Gasteiger partial charge >= 0.3 is 0 Å². The average Bonchev–Trinajstić information content (AvgIpc) is 2.45. The Balaban J connectivity index is 2.21. The summed E-state index contributed by atoms with van der Waals surface area (Å²) in [5.41, 5.74) is 3.11. The number of halogens is 1. The maximum absolute atomic E-state index is 6.26. The first-order valence-corrected chi connectivity index (χ1v) is 6.83. The summed E-state index contributed by atoms with van der Waals surface area (Å²) in [6.07, 6.45) is 0. The summed E-state index contributed by atoms with van der Waals surface area (Å²) in [7, 11) is 5.65. The van der Waals surface area contributed by atoms with E-state index in [0.29, 0.717) is 6.54 Å². The molecule has 0 aliphatic rings. The summed E-state index contributed by atoms with van der Waals surface area (Å²) in [5.74, 6) is 0.883. The van der Waals surface area contributed by atoms with Crippen LogP contribution in [0.4, 0.5) is 11.4 Å². The molecule has 20 heavy (non-hydrogen) atoms. The van der Waals surface area contributed by atoms with Crippen LogP contribution in [0.15, 0.2) is 42.5 Å². The number of hydrogen-bond acceptors (Lipinski definition) is 3. The predicted molar refractivity (Wildman–Crippen MR) is 86.1 cm³/mol. The average molecular weight is 291 g/mol. The Labute approximate surface area is 125 Å². The molecule has 0 radical (unpaired) electrons. The Kier molecular flexibility index (Phi) is 4.74. The third-order valence-corrected chi connectivity index (χ3v) is 3.40. The zero-order valence-electron chi connectivity index (χ0n) is 12.0. The highest BCUT2D eigenvalue weighted by atomic mass is 35.5. The zero-order valence-corrected chi connectivity index (χ0v) is 12.7. The molecule has 0 saturated heterocycles. The number of rotatable bonds is 5. The van der Waals surface area contributed by atoms with E-state index in [1.807, 2.05) is 61.5 Å². The molecule has 0 atom stereocenters. The molecule has 0 fully saturated rings. The molecule has 0 bridgehead atoms. The van der Waals surface area contributed by atoms with E-state index in [-0.39, 0.29) is 0 Å². The van der Waals surface area contributed by atoms with Crippen molar-refractivity contribution in [2.75, 3.05) is 31.4 Å². The lowest BCUT2D eigenvalue weighted by atomic mass is 10.2. The molecule has 2 aromatic rings. The van der Waals surface area contributed by atoms with Crippen molar-refractivity contribution in [3.05, 3.63) is 53.1 Å². The molecule has 0 heterocycles. The van der Waals surface area contributed by atoms with E-state index in [2.05, 4.69) is 5.32 Å². The van der Waals surface area contributed by atoms with Crippen molar-refractivity contribution in [3.63, 3.8) is 0 Å². The van der Waals surface area contributed by atoms with Crippen molar-refractivity contribution < 1.29 is 4.74 Å². The van der Waals surface area contributed by atoms with Crippen molar-refractivity contribution >= 4 is 23.0 Å². The van der Waals surface area contributed by atoms with Crippen LogP contribution in [0.5, 0.6) is 5.75 Å². The lowest BCUT2D eigenvalue weighted by Crippen LogP contribution is -2.13. The molecule has 0 aliphatic carbocycles. The van der Waals surface area contributed by atoms with E-state index in [9.17, 15) is 0 Å². The quantitative estimate of drug-likeness (QED) is 0.900. The van der Waals surface area contributed by atoms with Crippen LogP contribution in [-0.4, -0.2) is 21.2 Å². The first-order valence-electron chi connectivity index (χ1n) is 6.45. The highest BCUT2D eigenvalue weighted by molar-refractivity contribution is 6.34. The fraction of sp³-hybridized carbons (Fsp3) is 0.250. The van der Waals surface area contributed by atoms with Crippen molar-refractivity contribution in [3.8, 4) is 5.75 Å². The van der Waals surface area contributed by atoms with Crippen molar-refractivity contribution in [2.45, 2.75) is 6.54 Å². The standard InChI is InChI=1S/C16H19ClN2O/c1-19(2)16-13(17)8-6-9-14(16)18-11-12-7-4-5-10-15(12)20-3/h4-10,18H,11H2,1-3H3. The van der Waals surface area contributed by atoms with E-state index in [0.717, 1.165) is 27.7 Å². The Morgan fingerprint density at radius 1 is 1.10 bits per heavy atom. The molecule has 0 unspecified atom stereocenters. The normalized spacial score (nSPS) is 10.2. The van der Waals surface area contributed by atoms with Crippen LogP contribution in [0.1, 0.15) is 5.56 Å². The van der Waals surface area contributed by atoms with Gasteiger partial charge in [0.25, 0.3) is 0 Å². The summed E-state index contributed by atoms with van der Waals surface area (Å²) in [6, 6.07) is 13.8. The Hall–Kier alpha value is -1.87. The van der Waals surface area contributed by atoms with E-state index in [4.69, 9.17) is 16.3 Å². The summed E-state index contributed by atoms with van der Waals surface area (Å²) < 4.78 is 5.36. The molecule has 0 spiro atoms. The minimum absolute atomic E-state index is 0.686. The van der Waals surface area contributed by atoms with Gasteiger partial charge in [-0.2, -0.15) is 0 Å². The van der Waals surface area contributed by atoms with Gasteiger partial charge in [0.2, 0.25) is 0 Å². The van der Waals surface area contributed by atoms with Crippen LogP contribution >= 0.6 is 11.6 Å². The molecule has 2 aromatic carbocycles. The van der Waals surface area contributed by atoms with Crippen LogP contribution in [-0.2, 0) is 6.54 Å². The highest BCUT2D eigenvalue weighted by Crippen LogP contribution is 2.33. The monoisotopic (exact) mass is 290 g/mol. The predicted octanol–water partition coefficient (Wildman–Crippen LogP) is 4.03. The van der Waals surface area contributed by atoms with Crippen LogP contribution < -0.4 is 15.0 Å². The van der Waals surface area contributed by atoms with Gasteiger partial charge in [0.1, 0.15) is 5.75 Å². The second-order valence-corrected chi connectivity index (χ2v) is 5.10. The molecule has 106 valence electrons. The molecule has 0 aromatic heterocycles. The summed E-state index contributed by atoms with van der Waals surface area (Å²) >= 11 is 6.26. The number of nitrogens with zero attached hydrogens (tertiary/aromatic N) is 1. The van der Waals surface area contributed by atoms with E-state index >= 15 is 0 Å². The second-order valence-electron chi connectivity index (χ2n) is 4.70. The largest absolute Gasteiger partial charge is 0.496 e. The Morgan fingerprint density at radius 2 is 1.85 bits per heavy atom. The number of ether oxygens (including phenoxy) is 1. The number of methoxy groups -OCH3 is 1. The van der Waals surface area contributed by atoms with Gasteiger partial charge in [-0.05, 0) is 18.2 Å². The van der Waals surface area contributed by atoms with Crippen LogP contribution in [0, 0.1) is 0 Å². The topological polar surface area (TPSA) is 24.5 Å². The fourth-order valence-electron chi connectivity index (χ4n) is 2.15. The number of benzene rings is 2. The molecule has 4 heteroatoms. The van der Waals surface area contributed by atoms with Gasteiger partial charge in [-0.25, -0.2) is 0 Å². The van der Waals surface area contributed by atoms with Crippen molar-refractivity contribution in [1.29, 1.82) is 0 Å². The third-order valence-electron chi connectivity index (χ3n) is 3.10. The number of anilines is 2. The number of nitrogens with one attached hydrogen (secondary N) is 1. The second kappa shape index (κ2) is 6.53. The summed E-state index contributed by atoms with van der Waals surface area (Å²) in [5, 5.41) is 4.16. The molecular formula is C16H19ClN2O. The smallest absolute Gasteiger partial charge is 0.123 e. The molecule has 2 rings (SSSR count). The SMILES string of the molecule is COc1ccccc1CNc1cccc(Cl)c1N(C)C. The van der Waals surface area contributed by atoms with E-state index < -0.39 is 0 Å². The molecule has 0 amide bonds. The zero-order chi connectivity index (χ0) is 14.5. The van der Waals surface area contributed by atoms with E-state index in [1.54, 1.807) is 7.11 Å². The first-order chi connectivity index (χ1) is 9.63. The minimum Gasteiger partial charge on any atom is -0.496 e. The maximum atomic E-state index is 6.26. The molecule has 0 aliphatic heterocycles. The first kappa shape index (κ1) is 14.5. The summed E-state index contributed by atoms with van der Waals surface area (Å²) in [6.45, 7) is 0.686. The van der Waals surface area contributed by atoms with Gasteiger partial charge in [0.05, 0.1) is 23.5 Å². The fourth-order valence-corrected chi connectivity index (χ4v) is 2.50. The number of hydrogen-bond donors (Lipinski definition) is 1. The lowest BCUT2D eigenvalue weighted by molar-refractivity contribution is 0.410.